The fraction of sp³-hybridized carbons (Fsp3) is 0.455. The average Bonchev–Trinajstić information content (AvgIpc) is 2.18. The Bertz CT molecular complexity index is 279. The average molecular weight is 180 g/mol. The Morgan fingerprint density at radius 1 is 1.15 bits per heavy atom. The van der Waals surface area contributed by atoms with Gasteiger partial charge >= 0.3 is 0 Å². The van der Waals surface area contributed by atoms with Crippen LogP contribution in [0.5, 0.6) is 0 Å². The highest BCUT2D eigenvalue weighted by Gasteiger charge is 2.24. The van der Waals surface area contributed by atoms with Gasteiger partial charge in [-0.3, -0.25) is 0 Å². The molecule has 13 heavy (non-hydrogen) atoms. The van der Waals surface area contributed by atoms with Gasteiger partial charge in [0.25, 0.3) is 0 Å². The molecule has 1 aromatic rings. The summed E-state index contributed by atoms with van der Waals surface area (Å²) in [4.78, 5) is 0. The Kier molecular flexibility index (Phi) is 3.07. The molecule has 0 aliphatic carbocycles. The summed E-state index contributed by atoms with van der Waals surface area (Å²) in [5, 5.41) is 19.3. The van der Waals surface area contributed by atoms with Crippen LogP contribution in [0.15, 0.2) is 24.3 Å². The van der Waals surface area contributed by atoms with Crippen LogP contribution in [0.2, 0.25) is 0 Å². The lowest BCUT2D eigenvalue weighted by atomic mass is 9.96. The third-order valence-electron chi connectivity index (χ3n) is 2.32. The number of aliphatic hydroxyl groups is 2. The molecule has 0 bridgehead atoms. The van der Waals surface area contributed by atoms with Crippen molar-refractivity contribution in [3.63, 3.8) is 0 Å². The normalized spacial score (nSPS) is 11.7. The molecule has 0 aromatic heterocycles. The molecule has 1 aromatic carbocycles. The first-order chi connectivity index (χ1) is 6.11. The van der Waals surface area contributed by atoms with Gasteiger partial charge in [-0.2, -0.15) is 0 Å². The molecule has 0 amide bonds. The van der Waals surface area contributed by atoms with E-state index in [1.807, 2.05) is 25.1 Å². The van der Waals surface area contributed by atoms with E-state index in [0.717, 1.165) is 12.0 Å². The molecular weight excluding hydrogens is 164 g/mol. The smallest absolute Gasteiger partial charge is 0.189 e. The van der Waals surface area contributed by atoms with Gasteiger partial charge in [0.1, 0.15) is 0 Å². The molecule has 0 unspecified atom stereocenters. The molecular formula is C11H16O2. The zero-order chi connectivity index (χ0) is 9.90. The summed E-state index contributed by atoms with van der Waals surface area (Å²) in [6.45, 7) is 3.76. The van der Waals surface area contributed by atoms with Gasteiger partial charge in [0.05, 0.1) is 0 Å². The van der Waals surface area contributed by atoms with Gasteiger partial charge in [0.15, 0.2) is 5.79 Å². The van der Waals surface area contributed by atoms with Gasteiger partial charge in [0, 0.05) is 12.0 Å². The van der Waals surface area contributed by atoms with Crippen LogP contribution >= 0.6 is 0 Å². The van der Waals surface area contributed by atoms with E-state index < -0.39 is 5.79 Å². The summed E-state index contributed by atoms with van der Waals surface area (Å²) in [6.07, 6.45) is 1.13. The van der Waals surface area contributed by atoms with E-state index in [1.54, 1.807) is 13.0 Å². The first-order valence-corrected chi connectivity index (χ1v) is 4.65. The van der Waals surface area contributed by atoms with Crippen LogP contribution in [0, 0.1) is 0 Å². The van der Waals surface area contributed by atoms with E-state index in [4.69, 9.17) is 0 Å². The minimum absolute atomic E-state index is 0.310. The third kappa shape index (κ3) is 2.08. The Morgan fingerprint density at radius 3 is 2.31 bits per heavy atom. The fourth-order valence-corrected chi connectivity index (χ4v) is 1.41. The second-order valence-corrected chi connectivity index (χ2v) is 3.18. The number of benzene rings is 1. The molecule has 0 aliphatic heterocycles. The summed E-state index contributed by atoms with van der Waals surface area (Å²) in [5.74, 6) is -1.67. The quantitative estimate of drug-likeness (QED) is 0.696. The first kappa shape index (κ1) is 10.2. The van der Waals surface area contributed by atoms with E-state index in [-0.39, 0.29) is 0 Å². The SMILES string of the molecule is CCc1ccccc1C(O)(O)CC. The topological polar surface area (TPSA) is 40.5 Å². The van der Waals surface area contributed by atoms with Gasteiger partial charge in [0.2, 0.25) is 0 Å². The maximum Gasteiger partial charge on any atom is 0.189 e. The lowest BCUT2D eigenvalue weighted by molar-refractivity contribution is -0.171. The van der Waals surface area contributed by atoms with E-state index in [9.17, 15) is 10.2 Å². The van der Waals surface area contributed by atoms with Crippen molar-refractivity contribution in [3.8, 4) is 0 Å². The van der Waals surface area contributed by atoms with Gasteiger partial charge in [-0.25, -0.2) is 0 Å². The maximum absolute atomic E-state index is 9.66. The van der Waals surface area contributed by atoms with Crippen molar-refractivity contribution in [2.45, 2.75) is 32.5 Å². The molecule has 72 valence electrons. The molecule has 0 saturated heterocycles. The Morgan fingerprint density at radius 2 is 1.77 bits per heavy atom. The third-order valence-corrected chi connectivity index (χ3v) is 2.32. The molecule has 0 saturated carbocycles. The van der Waals surface area contributed by atoms with E-state index in [2.05, 4.69) is 0 Å². The van der Waals surface area contributed by atoms with Crippen LogP contribution in [0.3, 0.4) is 0 Å². The van der Waals surface area contributed by atoms with Crippen molar-refractivity contribution in [2.75, 3.05) is 0 Å². The lowest BCUT2D eigenvalue weighted by Gasteiger charge is -2.22. The van der Waals surface area contributed by atoms with E-state index >= 15 is 0 Å². The summed E-state index contributed by atoms with van der Waals surface area (Å²) in [6, 6.07) is 7.42. The molecule has 0 fully saturated rings. The molecule has 2 nitrogen and oxygen atoms in total. The standard InChI is InChI=1S/C11H16O2/c1-3-9-7-5-6-8-10(9)11(12,13)4-2/h5-8,12-13H,3-4H2,1-2H3. The Labute approximate surface area is 78.8 Å². The van der Waals surface area contributed by atoms with Gasteiger partial charge in [-0.1, -0.05) is 38.1 Å². The molecule has 0 atom stereocenters. The van der Waals surface area contributed by atoms with Crippen LogP contribution in [0.4, 0.5) is 0 Å². The molecule has 1 rings (SSSR count). The minimum Gasteiger partial charge on any atom is -0.362 e. The number of aryl methyl sites for hydroxylation is 1. The van der Waals surface area contributed by atoms with Crippen LogP contribution in [-0.2, 0) is 12.2 Å². The number of rotatable bonds is 3. The summed E-state index contributed by atoms with van der Waals surface area (Å²) in [5.41, 5.74) is 1.62. The van der Waals surface area contributed by atoms with Crippen molar-refractivity contribution >= 4 is 0 Å². The second kappa shape index (κ2) is 3.90. The predicted molar refractivity (Wildman–Crippen MR) is 52.2 cm³/mol. The van der Waals surface area contributed by atoms with Crippen LogP contribution < -0.4 is 0 Å². The van der Waals surface area contributed by atoms with Crippen LogP contribution in [0.25, 0.3) is 0 Å². The molecule has 2 N–H and O–H groups in total. The van der Waals surface area contributed by atoms with Gasteiger partial charge in [-0.05, 0) is 12.0 Å². The molecule has 0 radical (unpaired) electrons. The Balaban J connectivity index is 3.12. The van der Waals surface area contributed by atoms with Crippen molar-refractivity contribution in [3.05, 3.63) is 35.4 Å². The summed E-state index contributed by atoms with van der Waals surface area (Å²) >= 11 is 0. The van der Waals surface area contributed by atoms with Crippen LogP contribution in [-0.4, -0.2) is 10.2 Å². The van der Waals surface area contributed by atoms with Crippen molar-refractivity contribution < 1.29 is 10.2 Å². The predicted octanol–water partition coefficient (Wildman–Crippen LogP) is 1.80. The van der Waals surface area contributed by atoms with Crippen molar-refractivity contribution in [2.24, 2.45) is 0 Å². The van der Waals surface area contributed by atoms with Crippen molar-refractivity contribution in [1.82, 2.24) is 0 Å². The first-order valence-electron chi connectivity index (χ1n) is 4.65. The Hall–Kier alpha value is -0.860. The minimum atomic E-state index is -1.67. The number of hydrogen-bond donors (Lipinski definition) is 2. The monoisotopic (exact) mass is 180 g/mol. The second-order valence-electron chi connectivity index (χ2n) is 3.18. The highest BCUT2D eigenvalue weighted by Crippen LogP contribution is 2.25. The highest BCUT2D eigenvalue weighted by molar-refractivity contribution is 5.30. The summed E-state index contributed by atoms with van der Waals surface area (Å²) in [7, 11) is 0. The molecule has 2 heteroatoms. The van der Waals surface area contributed by atoms with E-state index in [0.29, 0.717) is 12.0 Å². The lowest BCUT2D eigenvalue weighted by Crippen LogP contribution is -2.25. The number of hydrogen-bond acceptors (Lipinski definition) is 2. The van der Waals surface area contributed by atoms with Gasteiger partial charge < -0.3 is 10.2 Å². The van der Waals surface area contributed by atoms with Crippen LogP contribution in [0.1, 0.15) is 31.4 Å². The van der Waals surface area contributed by atoms with E-state index in [1.165, 1.54) is 0 Å². The molecule has 0 heterocycles. The molecule has 0 spiro atoms. The van der Waals surface area contributed by atoms with Gasteiger partial charge in [-0.15, -0.1) is 0 Å². The fourth-order valence-electron chi connectivity index (χ4n) is 1.41. The highest BCUT2D eigenvalue weighted by atomic mass is 16.5. The largest absolute Gasteiger partial charge is 0.362 e. The molecule has 0 aliphatic rings. The zero-order valence-corrected chi connectivity index (χ0v) is 8.12. The summed E-state index contributed by atoms with van der Waals surface area (Å²) < 4.78 is 0. The van der Waals surface area contributed by atoms with Crippen molar-refractivity contribution in [1.29, 1.82) is 0 Å². The maximum atomic E-state index is 9.66. The zero-order valence-electron chi connectivity index (χ0n) is 8.12.